The summed E-state index contributed by atoms with van der Waals surface area (Å²) in [5, 5.41) is 20.7. The van der Waals surface area contributed by atoms with Crippen molar-refractivity contribution < 1.29 is 4.79 Å². The molecule has 23 heavy (non-hydrogen) atoms. The van der Waals surface area contributed by atoms with Gasteiger partial charge in [0, 0.05) is 12.6 Å². The van der Waals surface area contributed by atoms with Gasteiger partial charge in [-0.15, -0.1) is 0 Å². The molecule has 0 spiro atoms. The second-order valence-corrected chi connectivity index (χ2v) is 5.39. The number of nitriles is 2. The maximum Gasteiger partial charge on any atom is 0.251 e. The van der Waals surface area contributed by atoms with Crippen LogP contribution in [0.4, 0.5) is 0 Å². The molecule has 1 N–H and O–H groups in total. The van der Waals surface area contributed by atoms with Crippen molar-refractivity contribution in [2.75, 3.05) is 7.05 Å². The molecular formula is C18H14N4O. The van der Waals surface area contributed by atoms with Crippen LogP contribution in [0, 0.1) is 22.8 Å². The summed E-state index contributed by atoms with van der Waals surface area (Å²) in [5.41, 5.74) is 5.09. The first-order chi connectivity index (χ1) is 11.2. The van der Waals surface area contributed by atoms with Crippen LogP contribution in [-0.4, -0.2) is 17.9 Å². The number of amides is 1. The highest BCUT2D eigenvalue weighted by molar-refractivity contribution is 5.96. The first-order valence-corrected chi connectivity index (χ1v) is 7.19. The van der Waals surface area contributed by atoms with Crippen LogP contribution < -0.4 is 5.32 Å². The third kappa shape index (κ3) is 2.61. The lowest BCUT2D eigenvalue weighted by Crippen LogP contribution is -2.18. The molecule has 112 valence electrons. The van der Waals surface area contributed by atoms with Gasteiger partial charge in [0.05, 0.1) is 24.7 Å². The molecule has 0 aliphatic carbocycles. The van der Waals surface area contributed by atoms with E-state index in [2.05, 4.69) is 17.6 Å². The van der Waals surface area contributed by atoms with Crippen LogP contribution in [0.25, 0.3) is 11.1 Å². The molecular weight excluding hydrogens is 288 g/mol. The standard InChI is InChI=1S/C18H14N4O/c1-21-18(23)14-6-15-9-22(11-20)10-17(15)16(7-14)13-4-2-12(8-19)3-5-13/h2-7H,9-10H2,1H3,(H,21,23). The summed E-state index contributed by atoms with van der Waals surface area (Å²) in [7, 11) is 1.60. The summed E-state index contributed by atoms with van der Waals surface area (Å²) in [6.07, 6.45) is 2.16. The number of hydrogen-bond acceptors (Lipinski definition) is 4. The first kappa shape index (κ1) is 14.6. The molecule has 2 aromatic rings. The van der Waals surface area contributed by atoms with Gasteiger partial charge in [0.25, 0.3) is 5.91 Å². The lowest BCUT2D eigenvalue weighted by Gasteiger charge is -2.11. The van der Waals surface area contributed by atoms with Crippen LogP contribution in [-0.2, 0) is 13.1 Å². The molecule has 1 heterocycles. The average Bonchev–Trinajstić information content (AvgIpc) is 3.03. The largest absolute Gasteiger partial charge is 0.355 e. The fourth-order valence-corrected chi connectivity index (χ4v) is 2.84. The maximum absolute atomic E-state index is 12.0. The van der Waals surface area contributed by atoms with Crippen molar-refractivity contribution in [1.82, 2.24) is 10.2 Å². The predicted octanol–water partition coefficient (Wildman–Crippen LogP) is 2.38. The van der Waals surface area contributed by atoms with Gasteiger partial charge in [0.2, 0.25) is 0 Å². The third-order valence-corrected chi connectivity index (χ3v) is 4.01. The van der Waals surface area contributed by atoms with Gasteiger partial charge >= 0.3 is 0 Å². The molecule has 0 unspecified atom stereocenters. The minimum absolute atomic E-state index is 0.155. The molecule has 1 aliphatic rings. The molecule has 0 saturated heterocycles. The molecule has 0 bridgehead atoms. The van der Waals surface area contributed by atoms with Gasteiger partial charge in [0.1, 0.15) is 0 Å². The Morgan fingerprint density at radius 3 is 2.52 bits per heavy atom. The summed E-state index contributed by atoms with van der Waals surface area (Å²) >= 11 is 0. The van der Waals surface area contributed by atoms with E-state index >= 15 is 0 Å². The topological polar surface area (TPSA) is 79.9 Å². The summed E-state index contributed by atoms with van der Waals surface area (Å²) in [4.78, 5) is 13.7. The minimum atomic E-state index is -0.155. The van der Waals surface area contributed by atoms with Crippen molar-refractivity contribution in [2.24, 2.45) is 0 Å². The number of carbonyl (C=O) groups is 1. The van der Waals surface area contributed by atoms with Crippen LogP contribution in [0.2, 0.25) is 0 Å². The molecule has 1 amide bonds. The van der Waals surface area contributed by atoms with E-state index in [1.165, 1.54) is 0 Å². The Kier molecular flexibility index (Phi) is 3.70. The Labute approximate surface area is 134 Å². The molecule has 5 heteroatoms. The number of rotatable bonds is 2. The van der Waals surface area contributed by atoms with E-state index in [0.29, 0.717) is 24.2 Å². The highest BCUT2D eigenvalue weighted by Gasteiger charge is 2.23. The van der Waals surface area contributed by atoms with Crippen molar-refractivity contribution in [3.8, 4) is 23.4 Å². The number of nitrogens with zero attached hydrogens (tertiary/aromatic N) is 3. The highest BCUT2D eigenvalue weighted by atomic mass is 16.1. The molecule has 3 rings (SSSR count). The molecule has 0 atom stereocenters. The van der Waals surface area contributed by atoms with Crippen molar-refractivity contribution >= 4 is 5.91 Å². The zero-order valence-electron chi connectivity index (χ0n) is 12.6. The molecule has 5 nitrogen and oxygen atoms in total. The number of nitrogens with one attached hydrogen (secondary N) is 1. The van der Waals surface area contributed by atoms with E-state index in [1.54, 1.807) is 24.1 Å². The van der Waals surface area contributed by atoms with Crippen molar-refractivity contribution in [3.63, 3.8) is 0 Å². The fourth-order valence-electron chi connectivity index (χ4n) is 2.84. The smallest absolute Gasteiger partial charge is 0.251 e. The van der Waals surface area contributed by atoms with Crippen molar-refractivity contribution in [2.45, 2.75) is 13.1 Å². The first-order valence-electron chi connectivity index (χ1n) is 7.19. The van der Waals surface area contributed by atoms with Gasteiger partial charge in [-0.25, -0.2) is 0 Å². The van der Waals surface area contributed by atoms with Crippen LogP contribution in [0.5, 0.6) is 0 Å². The quantitative estimate of drug-likeness (QED) is 0.864. The number of hydrogen-bond donors (Lipinski definition) is 1. The number of fused-ring (bicyclic) bond motifs is 1. The van der Waals surface area contributed by atoms with Crippen molar-refractivity contribution in [3.05, 3.63) is 58.7 Å². The SMILES string of the molecule is CNC(=O)c1cc2c(c(-c3ccc(C#N)cc3)c1)CN(C#N)C2. The second kappa shape index (κ2) is 5.82. The van der Waals surface area contributed by atoms with Gasteiger partial charge in [-0.05, 0) is 46.5 Å². The average molecular weight is 302 g/mol. The summed E-state index contributed by atoms with van der Waals surface area (Å²) < 4.78 is 0. The van der Waals surface area contributed by atoms with Crippen LogP contribution in [0.15, 0.2) is 36.4 Å². The Morgan fingerprint density at radius 2 is 1.91 bits per heavy atom. The monoisotopic (exact) mass is 302 g/mol. The molecule has 0 radical (unpaired) electrons. The van der Waals surface area contributed by atoms with E-state index in [0.717, 1.165) is 22.3 Å². The predicted molar refractivity (Wildman–Crippen MR) is 84.8 cm³/mol. The molecule has 1 aliphatic heterocycles. The molecule has 0 aromatic heterocycles. The fraction of sp³-hybridized carbons (Fsp3) is 0.167. The summed E-state index contributed by atoms with van der Waals surface area (Å²) in [6, 6.07) is 13.0. The normalized spacial score (nSPS) is 12.2. The van der Waals surface area contributed by atoms with E-state index in [1.807, 2.05) is 24.3 Å². The number of benzene rings is 2. The zero-order chi connectivity index (χ0) is 16.4. The van der Waals surface area contributed by atoms with Gasteiger partial charge in [-0.1, -0.05) is 12.1 Å². The highest BCUT2D eigenvalue weighted by Crippen LogP contribution is 2.34. The molecule has 0 saturated carbocycles. The zero-order valence-corrected chi connectivity index (χ0v) is 12.6. The molecule has 0 fully saturated rings. The maximum atomic E-state index is 12.0. The van der Waals surface area contributed by atoms with E-state index in [-0.39, 0.29) is 5.91 Å². The Hall–Kier alpha value is -3.31. The van der Waals surface area contributed by atoms with E-state index < -0.39 is 0 Å². The van der Waals surface area contributed by atoms with Gasteiger partial charge in [-0.2, -0.15) is 10.5 Å². The van der Waals surface area contributed by atoms with E-state index in [4.69, 9.17) is 10.5 Å². The minimum Gasteiger partial charge on any atom is -0.355 e. The second-order valence-electron chi connectivity index (χ2n) is 5.39. The Morgan fingerprint density at radius 1 is 1.17 bits per heavy atom. The third-order valence-electron chi connectivity index (χ3n) is 4.01. The van der Waals surface area contributed by atoms with Crippen LogP contribution >= 0.6 is 0 Å². The lowest BCUT2D eigenvalue weighted by atomic mass is 9.93. The van der Waals surface area contributed by atoms with E-state index in [9.17, 15) is 4.79 Å². The van der Waals surface area contributed by atoms with Gasteiger partial charge < -0.3 is 10.2 Å². The lowest BCUT2D eigenvalue weighted by molar-refractivity contribution is 0.0963. The van der Waals surface area contributed by atoms with Crippen LogP contribution in [0.1, 0.15) is 27.0 Å². The van der Waals surface area contributed by atoms with Gasteiger partial charge in [0.15, 0.2) is 6.19 Å². The van der Waals surface area contributed by atoms with Crippen molar-refractivity contribution in [1.29, 1.82) is 10.5 Å². The summed E-state index contributed by atoms with van der Waals surface area (Å²) in [5.74, 6) is -0.155. The van der Waals surface area contributed by atoms with Gasteiger partial charge in [-0.3, -0.25) is 4.79 Å². The Balaban J connectivity index is 2.15. The number of carbonyl (C=O) groups excluding carboxylic acids is 1. The Bertz CT molecular complexity index is 856. The molecule has 2 aromatic carbocycles. The van der Waals surface area contributed by atoms with Crippen LogP contribution in [0.3, 0.4) is 0 Å². The summed E-state index contributed by atoms with van der Waals surface area (Å²) in [6.45, 7) is 1.05.